The minimum atomic E-state index is 0.938. The first-order valence-electron chi connectivity index (χ1n) is 21.1. The van der Waals surface area contributed by atoms with Crippen molar-refractivity contribution in [3.63, 3.8) is 0 Å². The van der Waals surface area contributed by atoms with Gasteiger partial charge in [-0.05, 0) is 149 Å². The zero-order valence-electron chi connectivity index (χ0n) is 28.5. The van der Waals surface area contributed by atoms with Crippen molar-refractivity contribution >= 4 is 0 Å². The van der Waals surface area contributed by atoms with Crippen molar-refractivity contribution in [3.05, 3.63) is 0 Å². The van der Waals surface area contributed by atoms with E-state index in [1.165, 1.54) is 64.2 Å². The van der Waals surface area contributed by atoms with Gasteiger partial charge in [-0.2, -0.15) is 0 Å². The molecule has 8 fully saturated rings. The molecule has 0 heterocycles. The maximum Gasteiger partial charge on any atom is 0.0101 e. The summed E-state index contributed by atoms with van der Waals surface area (Å²) in [6.07, 6.45) is 45.5. The zero-order chi connectivity index (χ0) is 28.6. The fourth-order valence-electron chi connectivity index (χ4n) is 15.2. The van der Waals surface area contributed by atoms with Crippen LogP contribution in [0, 0.1) is 59.2 Å². The second-order valence-corrected chi connectivity index (χ2v) is 18.3. The molecule has 0 radical (unpaired) electrons. The molecule has 0 aromatic heterocycles. The average Bonchev–Trinajstić information content (AvgIpc) is 3.08. The van der Waals surface area contributed by atoms with E-state index in [2.05, 4.69) is 4.90 Å². The first kappa shape index (κ1) is 30.3. The standard InChI is InChI=1S/C42H71N/c1-3-16-32(17-4-1)43(33-18-5-2-6-19-33)34-28-26-31(27-29-34)41-37-21-9-11-23-39(37)42(40-24-12-10-22-38(40)41)36-25-13-15-30-14-7-8-20-35(30)36/h30-42H,1-29H2. The molecule has 0 spiro atoms. The van der Waals surface area contributed by atoms with Gasteiger partial charge in [0.05, 0.1) is 0 Å². The summed E-state index contributed by atoms with van der Waals surface area (Å²) >= 11 is 0. The summed E-state index contributed by atoms with van der Waals surface area (Å²) in [5.74, 6) is 11.2. The average molecular weight is 590 g/mol. The van der Waals surface area contributed by atoms with Crippen LogP contribution in [-0.4, -0.2) is 23.0 Å². The van der Waals surface area contributed by atoms with Gasteiger partial charge in [0.1, 0.15) is 0 Å². The topological polar surface area (TPSA) is 3.24 Å². The normalized spacial score (nSPS) is 47.0. The van der Waals surface area contributed by atoms with E-state index >= 15 is 0 Å². The van der Waals surface area contributed by atoms with E-state index in [1.54, 1.807) is 122 Å². The maximum atomic E-state index is 3.25. The Kier molecular flexibility index (Phi) is 9.85. The molecule has 0 aromatic carbocycles. The Labute approximate surface area is 267 Å². The third-order valence-corrected chi connectivity index (χ3v) is 16.6. The minimum absolute atomic E-state index is 0.938. The van der Waals surface area contributed by atoms with Crippen molar-refractivity contribution in [2.75, 3.05) is 0 Å². The minimum Gasteiger partial charge on any atom is -0.294 e. The fourth-order valence-corrected chi connectivity index (χ4v) is 15.2. The number of hydrogen-bond donors (Lipinski definition) is 0. The van der Waals surface area contributed by atoms with Crippen LogP contribution in [0.1, 0.15) is 186 Å². The van der Waals surface area contributed by atoms with Crippen molar-refractivity contribution in [2.45, 2.75) is 204 Å². The molecule has 7 unspecified atom stereocenters. The molecule has 0 aliphatic heterocycles. The van der Waals surface area contributed by atoms with Crippen LogP contribution in [0.5, 0.6) is 0 Å². The van der Waals surface area contributed by atoms with Crippen LogP contribution in [0.4, 0.5) is 0 Å². The summed E-state index contributed by atoms with van der Waals surface area (Å²) in [5, 5.41) is 0. The van der Waals surface area contributed by atoms with E-state index in [1.807, 2.05) is 0 Å². The summed E-state index contributed by atoms with van der Waals surface area (Å²) < 4.78 is 0. The lowest BCUT2D eigenvalue weighted by molar-refractivity contribution is -0.130. The van der Waals surface area contributed by atoms with Crippen LogP contribution in [0.3, 0.4) is 0 Å². The summed E-state index contributed by atoms with van der Waals surface area (Å²) in [5.41, 5.74) is 0. The number of nitrogens with zero attached hydrogens (tertiary/aromatic N) is 1. The molecule has 8 aliphatic carbocycles. The Morgan fingerprint density at radius 1 is 0.233 bits per heavy atom. The van der Waals surface area contributed by atoms with Gasteiger partial charge in [0, 0.05) is 18.1 Å². The van der Waals surface area contributed by atoms with Gasteiger partial charge >= 0.3 is 0 Å². The van der Waals surface area contributed by atoms with Crippen LogP contribution in [0.25, 0.3) is 0 Å². The van der Waals surface area contributed by atoms with Gasteiger partial charge in [-0.1, -0.05) is 96.3 Å². The zero-order valence-corrected chi connectivity index (χ0v) is 28.5. The molecule has 8 saturated carbocycles. The van der Waals surface area contributed by atoms with Crippen molar-refractivity contribution < 1.29 is 0 Å². The molecule has 0 saturated heterocycles. The van der Waals surface area contributed by atoms with Crippen LogP contribution < -0.4 is 0 Å². The van der Waals surface area contributed by atoms with Crippen molar-refractivity contribution in [1.82, 2.24) is 4.90 Å². The first-order chi connectivity index (χ1) is 21.4. The van der Waals surface area contributed by atoms with Crippen LogP contribution >= 0.6 is 0 Å². The van der Waals surface area contributed by atoms with Gasteiger partial charge in [0.25, 0.3) is 0 Å². The molecule has 0 bridgehead atoms. The van der Waals surface area contributed by atoms with E-state index in [9.17, 15) is 0 Å². The van der Waals surface area contributed by atoms with E-state index in [-0.39, 0.29) is 0 Å². The summed E-state index contributed by atoms with van der Waals surface area (Å²) in [6, 6.07) is 2.82. The Balaban J connectivity index is 1.02. The molecular formula is C42H71N. The number of hydrogen-bond acceptors (Lipinski definition) is 1. The molecule has 43 heavy (non-hydrogen) atoms. The lowest BCUT2D eigenvalue weighted by Gasteiger charge is -2.62. The highest BCUT2D eigenvalue weighted by Gasteiger charge is 2.56. The highest BCUT2D eigenvalue weighted by atomic mass is 15.2. The molecule has 1 heteroatoms. The summed E-state index contributed by atoms with van der Waals surface area (Å²) in [7, 11) is 0. The fraction of sp³-hybridized carbons (Fsp3) is 1.00. The molecule has 8 rings (SSSR count). The third kappa shape index (κ3) is 6.08. The Hall–Kier alpha value is -0.0400. The highest BCUT2D eigenvalue weighted by Crippen LogP contribution is 2.64. The monoisotopic (exact) mass is 590 g/mol. The molecule has 0 amide bonds. The lowest BCUT2D eigenvalue weighted by atomic mass is 9.44. The highest BCUT2D eigenvalue weighted by molar-refractivity contribution is 5.06. The molecule has 8 aliphatic rings. The molecule has 7 atom stereocenters. The Morgan fingerprint density at radius 3 is 1.16 bits per heavy atom. The Bertz CT molecular complexity index is 816. The van der Waals surface area contributed by atoms with Gasteiger partial charge in [-0.3, -0.25) is 4.90 Å². The second-order valence-electron chi connectivity index (χ2n) is 18.3. The smallest absolute Gasteiger partial charge is 0.0101 e. The predicted octanol–water partition coefficient (Wildman–Crippen LogP) is 12.0. The lowest BCUT2D eigenvalue weighted by Crippen LogP contribution is -2.56. The van der Waals surface area contributed by atoms with Gasteiger partial charge in [0.2, 0.25) is 0 Å². The summed E-state index contributed by atoms with van der Waals surface area (Å²) in [6.45, 7) is 0. The predicted molar refractivity (Wildman–Crippen MR) is 182 cm³/mol. The van der Waals surface area contributed by atoms with E-state index in [0.29, 0.717) is 0 Å². The number of fused-ring (bicyclic) bond motifs is 3. The molecule has 0 aromatic rings. The van der Waals surface area contributed by atoms with Gasteiger partial charge in [-0.25, -0.2) is 0 Å². The van der Waals surface area contributed by atoms with Gasteiger partial charge in [-0.15, -0.1) is 0 Å². The largest absolute Gasteiger partial charge is 0.294 e. The van der Waals surface area contributed by atoms with Crippen molar-refractivity contribution in [3.8, 4) is 0 Å². The second kappa shape index (κ2) is 14.0. The van der Waals surface area contributed by atoms with Crippen molar-refractivity contribution in [1.29, 1.82) is 0 Å². The molecule has 244 valence electrons. The molecule has 1 nitrogen and oxygen atoms in total. The van der Waals surface area contributed by atoms with Crippen LogP contribution in [-0.2, 0) is 0 Å². The van der Waals surface area contributed by atoms with E-state index in [0.717, 1.165) is 77.3 Å². The third-order valence-electron chi connectivity index (χ3n) is 16.6. The van der Waals surface area contributed by atoms with Gasteiger partial charge < -0.3 is 0 Å². The number of rotatable bonds is 5. The SMILES string of the molecule is C1CCC(N(C2CCCCC2)C2CCC(C3C4CCCCC4C(C4CCCC5CCCCC54)C4CCCCC43)CC2)CC1. The molecule has 0 N–H and O–H groups in total. The van der Waals surface area contributed by atoms with Gasteiger partial charge in [0.15, 0.2) is 0 Å². The van der Waals surface area contributed by atoms with E-state index in [4.69, 9.17) is 0 Å². The Morgan fingerprint density at radius 2 is 0.605 bits per heavy atom. The first-order valence-corrected chi connectivity index (χ1v) is 21.1. The van der Waals surface area contributed by atoms with Crippen molar-refractivity contribution in [2.24, 2.45) is 59.2 Å². The van der Waals surface area contributed by atoms with Crippen LogP contribution in [0.15, 0.2) is 0 Å². The maximum absolute atomic E-state index is 3.25. The summed E-state index contributed by atoms with van der Waals surface area (Å²) in [4.78, 5) is 3.25. The van der Waals surface area contributed by atoms with Crippen LogP contribution in [0.2, 0.25) is 0 Å². The molecular weight excluding hydrogens is 518 g/mol. The van der Waals surface area contributed by atoms with E-state index < -0.39 is 0 Å². The quantitative estimate of drug-likeness (QED) is 0.308.